The molecule has 0 aliphatic carbocycles. The number of ether oxygens (including phenoxy) is 2. The normalized spacial score (nSPS) is 13.7. The lowest BCUT2D eigenvalue weighted by atomic mass is 9.91. The molecule has 0 radical (unpaired) electrons. The van der Waals surface area contributed by atoms with Gasteiger partial charge in [0.1, 0.15) is 11.5 Å². The first-order valence-electron chi connectivity index (χ1n) is 6.14. The highest BCUT2D eigenvalue weighted by Crippen LogP contribution is 2.34. The summed E-state index contributed by atoms with van der Waals surface area (Å²) in [5, 5.41) is 12.1. The van der Waals surface area contributed by atoms with Crippen LogP contribution in [0.2, 0.25) is 0 Å². The summed E-state index contributed by atoms with van der Waals surface area (Å²) >= 11 is 0. The Morgan fingerprint density at radius 2 is 2.05 bits per heavy atom. The molecule has 2 unspecified atom stereocenters. The van der Waals surface area contributed by atoms with Crippen molar-refractivity contribution in [3.63, 3.8) is 0 Å². The zero-order chi connectivity index (χ0) is 14.4. The van der Waals surface area contributed by atoms with Crippen molar-refractivity contribution in [2.45, 2.75) is 19.4 Å². The van der Waals surface area contributed by atoms with Gasteiger partial charge in [-0.25, -0.2) is 0 Å². The van der Waals surface area contributed by atoms with Gasteiger partial charge in [-0.2, -0.15) is 0 Å². The Morgan fingerprint density at radius 3 is 2.53 bits per heavy atom. The van der Waals surface area contributed by atoms with Crippen molar-refractivity contribution in [2.75, 3.05) is 21.3 Å². The lowest BCUT2D eigenvalue weighted by molar-refractivity contribution is -0.138. The summed E-state index contributed by atoms with van der Waals surface area (Å²) in [6.45, 7) is 1.90. The van der Waals surface area contributed by atoms with Crippen LogP contribution in [-0.2, 0) is 4.79 Å². The maximum Gasteiger partial charge on any atom is 0.303 e. The lowest BCUT2D eigenvalue weighted by Gasteiger charge is -2.24. The fourth-order valence-electron chi connectivity index (χ4n) is 2.22. The highest BCUT2D eigenvalue weighted by molar-refractivity contribution is 5.67. The molecule has 0 saturated heterocycles. The number of hydrogen-bond donors (Lipinski definition) is 2. The molecule has 0 aliphatic rings. The van der Waals surface area contributed by atoms with E-state index in [1.807, 2.05) is 26.1 Å². The van der Waals surface area contributed by atoms with Gasteiger partial charge < -0.3 is 19.9 Å². The van der Waals surface area contributed by atoms with E-state index in [1.165, 1.54) is 0 Å². The van der Waals surface area contributed by atoms with E-state index in [9.17, 15) is 4.79 Å². The third kappa shape index (κ3) is 3.86. The molecule has 5 heteroatoms. The zero-order valence-corrected chi connectivity index (χ0v) is 11.8. The molecule has 0 amide bonds. The maximum atomic E-state index is 10.8. The summed E-state index contributed by atoms with van der Waals surface area (Å²) in [6.07, 6.45) is 0.0979. The van der Waals surface area contributed by atoms with Crippen LogP contribution in [0, 0.1) is 5.92 Å². The average Bonchev–Trinajstić information content (AvgIpc) is 2.39. The van der Waals surface area contributed by atoms with Crippen LogP contribution in [0.4, 0.5) is 0 Å². The summed E-state index contributed by atoms with van der Waals surface area (Å²) in [5.41, 5.74) is 0.930. The molecule has 0 spiro atoms. The van der Waals surface area contributed by atoms with Crippen molar-refractivity contribution in [3.05, 3.63) is 23.8 Å². The number of nitrogens with one attached hydrogen (secondary N) is 1. The summed E-state index contributed by atoms with van der Waals surface area (Å²) in [5.74, 6) is 0.544. The van der Waals surface area contributed by atoms with Gasteiger partial charge in [-0.3, -0.25) is 4.79 Å². The Balaban J connectivity index is 3.06. The van der Waals surface area contributed by atoms with E-state index >= 15 is 0 Å². The average molecular weight is 267 g/mol. The first kappa shape index (κ1) is 15.3. The predicted octanol–water partition coefficient (Wildman–Crippen LogP) is 2.08. The van der Waals surface area contributed by atoms with Crippen LogP contribution in [0.1, 0.15) is 24.9 Å². The third-order valence-electron chi connectivity index (χ3n) is 3.15. The fraction of sp³-hybridized carbons (Fsp3) is 0.500. The standard InChI is InChI=1S/C14H21NO4/c1-9(7-13(16)17)14(15-2)11-6-5-10(18-3)8-12(11)19-4/h5-6,8-9,14-15H,7H2,1-4H3,(H,16,17). The van der Waals surface area contributed by atoms with Crippen molar-refractivity contribution in [1.82, 2.24) is 5.32 Å². The van der Waals surface area contributed by atoms with Gasteiger partial charge in [0.15, 0.2) is 0 Å². The van der Waals surface area contributed by atoms with Crippen LogP contribution in [0.25, 0.3) is 0 Å². The van der Waals surface area contributed by atoms with Gasteiger partial charge in [-0.15, -0.1) is 0 Å². The van der Waals surface area contributed by atoms with Gasteiger partial charge in [-0.05, 0) is 19.0 Å². The Morgan fingerprint density at radius 1 is 1.37 bits per heavy atom. The van der Waals surface area contributed by atoms with Crippen molar-refractivity contribution >= 4 is 5.97 Å². The van der Waals surface area contributed by atoms with E-state index < -0.39 is 5.97 Å². The molecule has 2 atom stereocenters. The van der Waals surface area contributed by atoms with Crippen LogP contribution >= 0.6 is 0 Å². The van der Waals surface area contributed by atoms with E-state index in [0.29, 0.717) is 11.5 Å². The number of aliphatic carboxylic acids is 1. The van der Waals surface area contributed by atoms with Crippen molar-refractivity contribution in [2.24, 2.45) is 5.92 Å². The van der Waals surface area contributed by atoms with Crippen LogP contribution in [-0.4, -0.2) is 32.3 Å². The minimum Gasteiger partial charge on any atom is -0.497 e. The highest BCUT2D eigenvalue weighted by atomic mass is 16.5. The van der Waals surface area contributed by atoms with Crippen molar-refractivity contribution in [1.29, 1.82) is 0 Å². The Kier molecular flexibility index (Phi) is 5.63. The largest absolute Gasteiger partial charge is 0.497 e. The summed E-state index contributed by atoms with van der Waals surface area (Å²) in [4.78, 5) is 10.8. The molecular weight excluding hydrogens is 246 g/mol. The second-order valence-electron chi connectivity index (χ2n) is 4.45. The summed E-state index contributed by atoms with van der Waals surface area (Å²) in [6, 6.07) is 5.46. The third-order valence-corrected chi connectivity index (χ3v) is 3.15. The second kappa shape index (κ2) is 6.99. The molecule has 0 aromatic heterocycles. The number of carboxylic acid groups (broad SMARTS) is 1. The number of benzene rings is 1. The van der Waals surface area contributed by atoms with Crippen LogP contribution < -0.4 is 14.8 Å². The number of methoxy groups -OCH3 is 2. The molecular formula is C14H21NO4. The molecule has 1 rings (SSSR count). The van der Waals surface area contributed by atoms with Gasteiger partial charge in [0.25, 0.3) is 0 Å². The molecule has 19 heavy (non-hydrogen) atoms. The van der Waals surface area contributed by atoms with Gasteiger partial charge in [-0.1, -0.05) is 13.0 Å². The molecule has 0 bridgehead atoms. The smallest absolute Gasteiger partial charge is 0.303 e. The Bertz CT molecular complexity index is 433. The molecule has 0 fully saturated rings. The van der Waals surface area contributed by atoms with Crippen LogP contribution in [0.5, 0.6) is 11.5 Å². The topological polar surface area (TPSA) is 67.8 Å². The van der Waals surface area contributed by atoms with E-state index in [1.54, 1.807) is 20.3 Å². The van der Waals surface area contributed by atoms with Crippen LogP contribution in [0.15, 0.2) is 18.2 Å². The molecule has 1 aromatic carbocycles. The molecule has 5 nitrogen and oxygen atoms in total. The zero-order valence-electron chi connectivity index (χ0n) is 11.8. The van der Waals surface area contributed by atoms with Crippen molar-refractivity contribution < 1.29 is 19.4 Å². The Labute approximate surface area is 113 Å². The second-order valence-corrected chi connectivity index (χ2v) is 4.45. The van der Waals surface area contributed by atoms with E-state index in [-0.39, 0.29) is 18.4 Å². The predicted molar refractivity (Wildman–Crippen MR) is 72.8 cm³/mol. The van der Waals surface area contributed by atoms with Crippen LogP contribution in [0.3, 0.4) is 0 Å². The molecule has 106 valence electrons. The minimum atomic E-state index is -0.805. The fourth-order valence-corrected chi connectivity index (χ4v) is 2.22. The molecule has 0 saturated carbocycles. The van der Waals surface area contributed by atoms with E-state index in [0.717, 1.165) is 5.56 Å². The number of rotatable bonds is 7. The lowest BCUT2D eigenvalue weighted by Crippen LogP contribution is -2.25. The minimum absolute atomic E-state index is 0.0511. The van der Waals surface area contributed by atoms with Crippen molar-refractivity contribution in [3.8, 4) is 11.5 Å². The van der Waals surface area contributed by atoms with E-state index in [2.05, 4.69) is 5.32 Å². The summed E-state index contributed by atoms with van der Waals surface area (Å²) in [7, 11) is 5.00. The number of carboxylic acids is 1. The highest BCUT2D eigenvalue weighted by Gasteiger charge is 2.23. The summed E-state index contributed by atoms with van der Waals surface area (Å²) < 4.78 is 10.5. The van der Waals surface area contributed by atoms with Gasteiger partial charge >= 0.3 is 5.97 Å². The van der Waals surface area contributed by atoms with Gasteiger partial charge in [0.05, 0.1) is 14.2 Å². The quantitative estimate of drug-likeness (QED) is 0.791. The monoisotopic (exact) mass is 267 g/mol. The first-order valence-corrected chi connectivity index (χ1v) is 6.14. The molecule has 1 aromatic rings. The van der Waals surface area contributed by atoms with Gasteiger partial charge in [0, 0.05) is 24.1 Å². The molecule has 0 heterocycles. The van der Waals surface area contributed by atoms with Gasteiger partial charge in [0.2, 0.25) is 0 Å². The molecule has 0 aliphatic heterocycles. The Hall–Kier alpha value is -1.75. The first-order chi connectivity index (χ1) is 9.03. The SMILES string of the molecule is CNC(c1ccc(OC)cc1OC)C(C)CC(=O)O. The van der Waals surface area contributed by atoms with E-state index in [4.69, 9.17) is 14.6 Å². The maximum absolute atomic E-state index is 10.8. The molecule has 2 N–H and O–H groups in total. The number of hydrogen-bond acceptors (Lipinski definition) is 4. The number of carbonyl (C=O) groups is 1.